The van der Waals surface area contributed by atoms with E-state index in [4.69, 9.17) is 26.0 Å². The van der Waals surface area contributed by atoms with Crippen LogP contribution in [-0.2, 0) is 24.1 Å². The van der Waals surface area contributed by atoms with Crippen molar-refractivity contribution in [3.8, 4) is 11.3 Å². The second-order valence-corrected chi connectivity index (χ2v) is 8.57. The molecule has 34 heavy (non-hydrogen) atoms. The Kier molecular flexibility index (Phi) is 5.90. The maximum absolute atomic E-state index is 11.8. The van der Waals surface area contributed by atoms with Crippen LogP contribution in [0.15, 0.2) is 77.3 Å². The summed E-state index contributed by atoms with van der Waals surface area (Å²) in [5.41, 5.74) is 5.20. The van der Waals surface area contributed by atoms with Gasteiger partial charge in [0.1, 0.15) is 11.5 Å². The van der Waals surface area contributed by atoms with Gasteiger partial charge in [-0.05, 0) is 30.7 Å². The number of carbonyl (C=O) groups is 1. The van der Waals surface area contributed by atoms with Crippen LogP contribution in [0.3, 0.4) is 0 Å². The van der Waals surface area contributed by atoms with Gasteiger partial charge in [-0.3, -0.25) is 9.20 Å². The third-order valence-electron chi connectivity index (χ3n) is 5.70. The highest BCUT2D eigenvalue weighted by Gasteiger charge is 2.21. The number of aliphatic carboxylic acids is 1. The fourth-order valence-corrected chi connectivity index (χ4v) is 4.31. The molecular formula is C27H22ClN3O3. The second-order valence-electron chi connectivity index (χ2n) is 8.17. The van der Waals surface area contributed by atoms with Crippen molar-refractivity contribution in [3.05, 3.63) is 112 Å². The summed E-state index contributed by atoms with van der Waals surface area (Å²) in [6, 6.07) is 21.2. The monoisotopic (exact) mass is 471 g/mol. The molecule has 0 aliphatic heterocycles. The van der Waals surface area contributed by atoms with Gasteiger partial charge in [-0.1, -0.05) is 60.1 Å². The first-order valence-corrected chi connectivity index (χ1v) is 11.3. The number of carboxylic acids is 1. The van der Waals surface area contributed by atoms with Crippen molar-refractivity contribution in [3.63, 3.8) is 0 Å². The Hall–Kier alpha value is -3.90. The molecule has 3 aromatic heterocycles. The van der Waals surface area contributed by atoms with Gasteiger partial charge in [-0.25, -0.2) is 9.97 Å². The number of hydrogen-bond donors (Lipinski definition) is 1. The molecule has 0 bridgehead atoms. The summed E-state index contributed by atoms with van der Waals surface area (Å²) in [5, 5.41) is 10.3. The summed E-state index contributed by atoms with van der Waals surface area (Å²) in [4.78, 5) is 21.6. The molecule has 0 spiro atoms. The van der Waals surface area contributed by atoms with Crippen LogP contribution in [0.25, 0.3) is 16.9 Å². The first kappa shape index (κ1) is 21.9. The van der Waals surface area contributed by atoms with E-state index in [0.717, 1.165) is 34.0 Å². The van der Waals surface area contributed by atoms with Gasteiger partial charge in [0.25, 0.3) is 0 Å². The van der Waals surface area contributed by atoms with Gasteiger partial charge in [0.15, 0.2) is 5.65 Å². The lowest BCUT2D eigenvalue weighted by Gasteiger charge is -2.10. The molecule has 0 atom stereocenters. The average Bonchev–Trinajstić information content (AvgIpc) is 3.39. The van der Waals surface area contributed by atoms with Crippen LogP contribution in [0.1, 0.15) is 34.2 Å². The number of fused-ring (bicyclic) bond motifs is 1. The highest BCUT2D eigenvalue weighted by molar-refractivity contribution is 6.31. The molecule has 5 aromatic rings. The molecule has 0 fully saturated rings. The van der Waals surface area contributed by atoms with Crippen molar-refractivity contribution in [2.75, 3.05) is 0 Å². The molecule has 6 nitrogen and oxygen atoms in total. The average molecular weight is 472 g/mol. The lowest BCUT2D eigenvalue weighted by Crippen LogP contribution is -2.08. The Morgan fingerprint density at radius 1 is 0.971 bits per heavy atom. The van der Waals surface area contributed by atoms with E-state index in [1.54, 1.807) is 0 Å². The van der Waals surface area contributed by atoms with Crippen LogP contribution in [0.4, 0.5) is 0 Å². The van der Waals surface area contributed by atoms with Gasteiger partial charge in [0, 0.05) is 23.2 Å². The zero-order valence-corrected chi connectivity index (χ0v) is 19.3. The van der Waals surface area contributed by atoms with Crippen molar-refractivity contribution in [1.29, 1.82) is 0 Å². The number of nitrogens with zero attached hydrogens (tertiary/aromatic N) is 3. The molecule has 170 valence electrons. The minimum absolute atomic E-state index is 0.167. The van der Waals surface area contributed by atoms with Crippen molar-refractivity contribution in [2.45, 2.75) is 26.2 Å². The Labute approximate surface area is 201 Å². The third-order valence-corrected chi connectivity index (χ3v) is 6.07. The molecular weight excluding hydrogens is 450 g/mol. The Morgan fingerprint density at radius 3 is 2.44 bits per heavy atom. The summed E-state index contributed by atoms with van der Waals surface area (Å²) in [6.07, 6.45) is 2.56. The quantitative estimate of drug-likeness (QED) is 0.326. The third kappa shape index (κ3) is 4.45. The first-order chi connectivity index (χ1) is 16.5. The predicted molar refractivity (Wildman–Crippen MR) is 130 cm³/mol. The van der Waals surface area contributed by atoms with Gasteiger partial charge in [0.05, 0.1) is 35.6 Å². The van der Waals surface area contributed by atoms with E-state index in [1.165, 1.54) is 0 Å². The fraction of sp³-hybridized carbons (Fsp3) is 0.148. The number of benzene rings is 2. The van der Waals surface area contributed by atoms with E-state index in [0.29, 0.717) is 34.9 Å². The molecule has 5 rings (SSSR count). The number of carboxylic acid groups (broad SMARTS) is 1. The standard InChI is InChI=1S/C27H22ClN3O3/c1-17-11-12-20(34-17)14-22-25(15-26(32)33)31-16-24(18-7-3-2-4-8-18)29-23(27(31)30-22)13-19-9-5-6-10-21(19)28/h2-12,16H,13-15H2,1H3,(H,32,33). The SMILES string of the molecule is Cc1ccc(Cc2nc3c(Cc4ccccc4Cl)nc(-c4ccccc4)cn3c2CC(=O)O)o1. The summed E-state index contributed by atoms with van der Waals surface area (Å²) in [7, 11) is 0. The summed E-state index contributed by atoms with van der Waals surface area (Å²) >= 11 is 6.45. The number of imidazole rings is 1. The van der Waals surface area contributed by atoms with Crippen molar-refractivity contribution in [1.82, 2.24) is 14.4 Å². The number of rotatable bonds is 7. The maximum Gasteiger partial charge on any atom is 0.309 e. The lowest BCUT2D eigenvalue weighted by molar-refractivity contribution is -0.136. The number of aryl methyl sites for hydroxylation is 1. The first-order valence-electron chi connectivity index (χ1n) is 10.9. The van der Waals surface area contributed by atoms with Crippen LogP contribution < -0.4 is 0 Å². The van der Waals surface area contributed by atoms with Crippen LogP contribution in [0.2, 0.25) is 5.02 Å². The zero-order chi connectivity index (χ0) is 23.7. The molecule has 1 N–H and O–H groups in total. The minimum atomic E-state index is -0.926. The molecule has 0 saturated heterocycles. The van der Waals surface area contributed by atoms with Gasteiger partial charge in [-0.2, -0.15) is 0 Å². The Bertz CT molecular complexity index is 1490. The van der Waals surface area contributed by atoms with Crippen LogP contribution >= 0.6 is 11.6 Å². The summed E-state index contributed by atoms with van der Waals surface area (Å²) in [6.45, 7) is 1.88. The summed E-state index contributed by atoms with van der Waals surface area (Å²) in [5.74, 6) is 0.604. The van der Waals surface area contributed by atoms with Gasteiger partial charge >= 0.3 is 5.97 Å². The highest BCUT2D eigenvalue weighted by Crippen LogP contribution is 2.27. The highest BCUT2D eigenvalue weighted by atomic mass is 35.5. The molecule has 0 amide bonds. The van der Waals surface area contributed by atoms with Crippen LogP contribution in [-0.4, -0.2) is 25.4 Å². The topological polar surface area (TPSA) is 80.6 Å². The lowest BCUT2D eigenvalue weighted by atomic mass is 10.1. The van der Waals surface area contributed by atoms with Crippen molar-refractivity contribution < 1.29 is 14.3 Å². The Morgan fingerprint density at radius 2 is 1.74 bits per heavy atom. The van der Waals surface area contributed by atoms with Gasteiger partial charge in [0.2, 0.25) is 0 Å². The van der Waals surface area contributed by atoms with E-state index in [1.807, 2.05) is 84.3 Å². The van der Waals surface area contributed by atoms with E-state index in [2.05, 4.69) is 0 Å². The molecule has 0 radical (unpaired) electrons. The number of halogens is 1. The fourth-order valence-electron chi connectivity index (χ4n) is 4.11. The van der Waals surface area contributed by atoms with Crippen molar-refractivity contribution in [2.24, 2.45) is 0 Å². The van der Waals surface area contributed by atoms with E-state index < -0.39 is 5.97 Å². The van der Waals surface area contributed by atoms with Crippen LogP contribution in [0.5, 0.6) is 0 Å². The van der Waals surface area contributed by atoms with Crippen molar-refractivity contribution >= 4 is 23.2 Å². The molecule has 0 aliphatic carbocycles. The van der Waals surface area contributed by atoms with Gasteiger partial charge < -0.3 is 9.52 Å². The normalized spacial score (nSPS) is 11.2. The molecule has 7 heteroatoms. The summed E-state index contributed by atoms with van der Waals surface area (Å²) < 4.78 is 7.61. The maximum atomic E-state index is 11.8. The molecule has 2 aromatic carbocycles. The molecule has 0 unspecified atom stereocenters. The Balaban J connectivity index is 1.72. The largest absolute Gasteiger partial charge is 0.481 e. The van der Waals surface area contributed by atoms with E-state index in [-0.39, 0.29) is 6.42 Å². The molecule has 3 heterocycles. The van der Waals surface area contributed by atoms with Crippen LogP contribution in [0, 0.1) is 6.92 Å². The van der Waals surface area contributed by atoms with E-state index in [9.17, 15) is 9.90 Å². The number of aromatic nitrogens is 3. The smallest absolute Gasteiger partial charge is 0.309 e. The number of hydrogen-bond acceptors (Lipinski definition) is 4. The molecule has 0 aliphatic rings. The predicted octanol–water partition coefficient (Wildman–Crippen LogP) is 5.76. The van der Waals surface area contributed by atoms with E-state index >= 15 is 0 Å². The molecule has 0 saturated carbocycles. The minimum Gasteiger partial charge on any atom is -0.481 e. The second kappa shape index (κ2) is 9.15. The zero-order valence-electron chi connectivity index (χ0n) is 18.5. The van der Waals surface area contributed by atoms with Gasteiger partial charge in [-0.15, -0.1) is 0 Å². The number of furan rings is 1.